The van der Waals surface area contributed by atoms with Gasteiger partial charge in [0.05, 0.1) is 0 Å². The van der Waals surface area contributed by atoms with Crippen LogP contribution in [0.3, 0.4) is 0 Å². The molecule has 0 amide bonds. The summed E-state index contributed by atoms with van der Waals surface area (Å²) in [5.74, 6) is 1.31. The van der Waals surface area contributed by atoms with Crippen LogP contribution in [0.25, 0.3) is 0 Å². The van der Waals surface area contributed by atoms with Gasteiger partial charge in [-0.15, -0.1) is 0 Å². The number of hydrogen-bond acceptors (Lipinski definition) is 1. The summed E-state index contributed by atoms with van der Waals surface area (Å²) in [5.41, 5.74) is 1.90. The van der Waals surface area contributed by atoms with E-state index in [0.717, 1.165) is 6.54 Å². The Kier molecular flexibility index (Phi) is 7.45. The van der Waals surface area contributed by atoms with Crippen LogP contribution in [0.2, 0.25) is 0 Å². The zero-order chi connectivity index (χ0) is 15.9. The van der Waals surface area contributed by atoms with Gasteiger partial charge in [0, 0.05) is 12.0 Å². The van der Waals surface area contributed by atoms with E-state index in [4.69, 9.17) is 0 Å². The van der Waals surface area contributed by atoms with Crippen molar-refractivity contribution in [1.29, 1.82) is 0 Å². The molecule has 0 heterocycles. The van der Waals surface area contributed by atoms with Crippen LogP contribution in [0.1, 0.15) is 72.3 Å². The van der Waals surface area contributed by atoms with Gasteiger partial charge in [-0.1, -0.05) is 78.3 Å². The fourth-order valence-electron chi connectivity index (χ4n) is 3.15. The predicted molar refractivity (Wildman–Crippen MR) is 94.8 cm³/mol. The van der Waals surface area contributed by atoms with Crippen molar-refractivity contribution in [3.8, 4) is 0 Å². The first kappa shape index (κ1) is 18.2. The smallest absolute Gasteiger partial charge is 0.0138 e. The minimum absolute atomic E-state index is 0.407. The highest BCUT2D eigenvalue weighted by Gasteiger charge is 2.28. The Morgan fingerprint density at radius 1 is 1.05 bits per heavy atom. The summed E-state index contributed by atoms with van der Waals surface area (Å²) in [6, 6.07) is 11.7. The van der Waals surface area contributed by atoms with Gasteiger partial charge in [0.15, 0.2) is 0 Å². The zero-order valence-corrected chi connectivity index (χ0v) is 14.9. The van der Waals surface area contributed by atoms with E-state index in [1.54, 1.807) is 0 Å². The standard InChI is InChI=1S/C20H35N/c1-7-16(3)19(17-12-10-9-11-13-17)18(21-8-2)14-15-20(4,5)6/h9-13,16,18-19,21H,7-8,14-15H2,1-6H3. The second-order valence-corrected chi connectivity index (χ2v) is 7.59. The molecule has 1 rings (SSSR count). The van der Waals surface area contributed by atoms with Crippen molar-refractivity contribution in [3.63, 3.8) is 0 Å². The van der Waals surface area contributed by atoms with Crippen molar-refractivity contribution in [2.24, 2.45) is 11.3 Å². The van der Waals surface area contributed by atoms with Crippen LogP contribution in [-0.4, -0.2) is 12.6 Å². The van der Waals surface area contributed by atoms with E-state index in [1.807, 2.05) is 0 Å². The minimum Gasteiger partial charge on any atom is -0.314 e. The lowest BCUT2D eigenvalue weighted by Crippen LogP contribution is -2.38. The molecule has 0 saturated carbocycles. The second-order valence-electron chi connectivity index (χ2n) is 7.59. The molecule has 0 radical (unpaired) electrons. The Labute approximate surface area is 132 Å². The molecule has 0 aliphatic carbocycles. The quantitative estimate of drug-likeness (QED) is 0.655. The fourth-order valence-corrected chi connectivity index (χ4v) is 3.15. The number of likely N-dealkylation sites (N-methyl/N-ethyl adjacent to an activating group) is 1. The van der Waals surface area contributed by atoms with E-state index < -0.39 is 0 Å². The highest BCUT2D eigenvalue weighted by Crippen LogP contribution is 2.34. The first-order chi connectivity index (χ1) is 9.89. The molecule has 1 nitrogen and oxygen atoms in total. The van der Waals surface area contributed by atoms with Crippen LogP contribution in [0.5, 0.6) is 0 Å². The molecular weight excluding hydrogens is 254 g/mol. The van der Waals surface area contributed by atoms with Gasteiger partial charge >= 0.3 is 0 Å². The predicted octanol–water partition coefficient (Wildman–Crippen LogP) is 5.62. The Morgan fingerprint density at radius 2 is 1.67 bits per heavy atom. The lowest BCUT2D eigenvalue weighted by molar-refractivity contribution is 0.276. The van der Waals surface area contributed by atoms with Gasteiger partial charge in [0.1, 0.15) is 0 Å². The summed E-state index contributed by atoms with van der Waals surface area (Å²) in [5, 5.41) is 3.77. The molecule has 0 aromatic heterocycles. The van der Waals surface area contributed by atoms with Crippen molar-refractivity contribution in [1.82, 2.24) is 5.32 Å². The van der Waals surface area contributed by atoms with Crippen LogP contribution in [-0.2, 0) is 0 Å². The fraction of sp³-hybridized carbons (Fsp3) is 0.700. The summed E-state index contributed by atoms with van der Waals surface area (Å²) >= 11 is 0. The third kappa shape index (κ3) is 6.22. The van der Waals surface area contributed by atoms with Crippen LogP contribution in [0.15, 0.2) is 30.3 Å². The largest absolute Gasteiger partial charge is 0.314 e. The summed E-state index contributed by atoms with van der Waals surface area (Å²) in [6.07, 6.45) is 3.75. The maximum Gasteiger partial charge on any atom is 0.0138 e. The maximum absolute atomic E-state index is 3.77. The molecule has 1 N–H and O–H groups in total. The number of rotatable bonds is 8. The molecule has 0 aliphatic rings. The van der Waals surface area contributed by atoms with Crippen LogP contribution in [0, 0.1) is 11.3 Å². The van der Waals surface area contributed by atoms with E-state index in [1.165, 1.54) is 24.8 Å². The number of benzene rings is 1. The van der Waals surface area contributed by atoms with Crippen LogP contribution in [0.4, 0.5) is 0 Å². The zero-order valence-electron chi connectivity index (χ0n) is 14.9. The third-order valence-corrected chi connectivity index (χ3v) is 4.55. The molecule has 1 aromatic carbocycles. The van der Waals surface area contributed by atoms with E-state index in [2.05, 4.69) is 77.2 Å². The van der Waals surface area contributed by atoms with E-state index in [9.17, 15) is 0 Å². The first-order valence-corrected chi connectivity index (χ1v) is 8.67. The topological polar surface area (TPSA) is 12.0 Å². The molecule has 3 atom stereocenters. The maximum atomic E-state index is 3.77. The molecule has 0 spiro atoms. The number of nitrogens with one attached hydrogen (secondary N) is 1. The van der Waals surface area contributed by atoms with Crippen LogP contribution >= 0.6 is 0 Å². The third-order valence-electron chi connectivity index (χ3n) is 4.55. The molecule has 0 fully saturated rings. The van der Waals surface area contributed by atoms with Gasteiger partial charge in [0.2, 0.25) is 0 Å². The normalized spacial score (nSPS) is 16.5. The summed E-state index contributed by atoms with van der Waals surface area (Å²) in [4.78, 5) is 0. The molecule has 1 heteroatoms. The molecular formula is C20H35N. The molecule has 120 valence electrons. The van der Waals surface area contributed by atoms with Crippen molar-refractivity contribution in [2.75, 3.05) is 6.54 Å². The van der Waals surface area contributed by atoms with Gasteiger partial charge in [-0.05, 0) is 36.3 Å². The van der Waals surface area contributed by atoms with Crippen molar-refractivity contribution < 1.29 is 0 Å². The molecule has 0 bridgehead atoms. The lowest BCUT2D eigenvalue weighted by Gasteiger charge is -2.34. The highest BCUT2D eigenvalue weighted by molar-refractivity contribution is 5.22. The van der Waals surface area contributed by atoms with Crippen molar-refractivity contribution in [2.45, 2.75) is 72.8 Å². The molecule has 21 heavy (non-hydrogen) atoms. The number of hydrogen-bond donors (Lipinski definition) is 1. The Hall–Kier alpha value is -0.820. The van der Waals surface area contributed by atoms with E-state index in [0.29, 0.717) is 23.3 Å². The van der Waals surface area contributed by atoms with Gasteiger partial charge in [-0.25, -0.2) is 0 Å². The average Bonchev–Trinajstić information content (AvgIpc) is 2.45. The molecule has 1 aromatic rings. The Balaban J connectivity index is 2.95. The highest BCUT2D eigenvalue weighted by atomic mass is 14.9. The van der Waals surface area contributed by atoms with Gasteiger partial charge < -0.3 is 5.32 Å². The van der Waals surface area contributed by atoms with E-state index in [-0.39, 0.29) is 0 Å². The first-order valence-electron chi connectivity index (χ1n) is 8.67. The van der Waals surface area contributed by atoms with Crippen LogP contribution < -0.4 is 5.32 Å². The molecule has 0 aliphatic heterocycles. The molecule has 3 unspecified atom stereocenters. The average molecular weight is 290 g/mol. The summed E-state index contributed by atoms with van der Waals surface area (Å²) in [6.45, 7) is 15.0. The summed E-state index contributed by atoms with van der Waals surface area (Å²) in [7, 11) is 0. The monoisotopic (exact) mass is 289 g/mol. The Morgan fingerprint density at radius 3 is 2.14 bits per heavy atom. The SMILES string of the molecule is CCNC(CCC(C)(C)C)C(c1ccccc1)C(C)CC. The van der Waals surface area contributed by atoms with Gasteiger partial charge in [0.25, 0.3) is 0 Å². The van der Waals surface area contributed by atoms with Gasteiger partial charge in [-0.2, -0.15) is 0 Å². The molecule has 0 saturated heterocycles. The van der Waals surface area contributed by atoms with E-state index >= 15 is 0 Å². The van der Waals surface area contributed by atoms with Crippen molar-refractivity contribution >= 4 is 0 Å². The Bertz CT molecular complexity index is 377. The second kappa shape index (κ2) is 8.58. The van der Waals surface area contributed by atoms with Gasteiger partial charge in [-0.3, -0.25) is 0 Å². The summed E-state index contributed by atoms with van der Waals surface area (Å²) < 4.78 is 0. The van der Waals surface area contributed by atoms with Crippen molar-refractivity contribution in [3.05, 3.63) is 35.9 Å². The minimum atomic E-state index is 0.407. The lowest BCUT2D eigenvalue weighted by atomic mass is 9.76.